The molecule has 9 nitrogen and oxygen atoms in total. The minimum atomic E-state index is -0.416. The molecule has 4 aromatic rings. The Morgan fingerprint density at radius 1 is 0.971 bits per heavy atom. The summed E-state index contributed by atoms with van der Waals surface area (Å²) in [5.41, 5.74) is 2.70. The van der Waals surface area contributed by atoms with Crippen molar-refractivity contribution in [2.45, 2.75) is 0 Å². The smallest absolute Gasteiger partial charge is 0.274 e. The first-order valence-electron chi connectivity index (χ1n) is 10.7. The number of benzene rings is 2. The molecule has 1 amide bonds. The van der Waals surface area contributed by atoms with Crippen molar-refractivity contribution in [3.05, 3.63) is 93.8 Å². The molecule has 2 aromatic carbocycles. The predicted octanol–water partition coefficient (Wildman–Crippen LogP) is 4.66. The van der Waals surface area contributed by atoms with E-state index in [0.29, 0.717) is 48.3 Å². The normalized spacial score (nSPS) is 13.8. The molecule has 5 rings (SSSR count). The lowest BCUT2D eigenvalue weighted by molar-refractivity contribution is -0.384. The van der Waals surface area contributed by atoms with Crippen LogP contribution in [0.2, 0.25) is 5.02 Å². The first kappa shape index (κ1) is 21.7. The Balaban J connectivity index is 1.34. The minimum absolute atomic E-state index is 0.0567. The number of hydrogen-bond acceptors (Lipinski definition) is 6. The van der Waals surface area contributed by atoms with E-state index in [2.05, 4.69) is 10.00 Å². The number of hydrogen-bond donors (Lipinski definition) is 0. The molecule has 1 saturated heterocycles. The SMILES string of the molecule is O=C(c1cc(-c2ccco2)n(-c2ccc(Cl)cc2)n1)N1CCN(c2ccc([N+](=O)[O-])cc2)CC1. The number of rotatable bonds is 5. The molecular weight excluding hydrogens is 458 g/mol. The first-order chi connectivity index (χ1) is 16.5. The average molecular weight is 478 g/mol. The lowest BCUT2D eigenvalue weighted by atomic mass is 10.2. The number of carbonyl (C=O) groups is 1. The van der Waals surface area contributed by atoms with Crippen LogP contribution in [0, 0.1) is 10.1 Å². The highest BCUT2D eigenvalue weighted by Gasteiger charge is 2.26. The fourth-order valence-corrected chi connectivity index (χ4v) is 4.11. The van der Waals surface area contributed by atoms with Crippen molar-refractivity contribution < 1.29 is 14.1 Å². The zero-order valence-electron chi connectivity index (χ0n) is 18.0. The second-order valence-corrected chi connectivity index (χ2v) is 8.27. The summed E-state index contributed by atoms with van der Waals surface area (Å²) in [6.07, 6.45) is 1.58. The van der Waals surface area contributed by atoms with Gasteiger partial charge in [-0.15, -0.1) is 0 Å². The highest BCUT2D eigenvalue weighted by Crippen LogP contribution is 2.27. The number of halogens is 1. The molecule has 1 aliphatic rings. The summed E-state index contributed by atoms with van der Waals surface area (Å²) >= 11 is 6.03. The molecule has 0 bridgehead atoms. The molecule has 0 N–H and O–H groups in total. The number of piperazine rings is 1. The van der Waals surface area contributed by atoms with Crippen molar-refractivity contribution >= 4 is 28.9 Å². The van der Waals surface area contributed by atoms with Crippen molar-refractivity contribution in [2.24, 2.45) is 0 Å². The number of furan rings is 1. The van der Waals surface area contributed by atoms with Crippen LogP contribution in [0.15, 0.2) is 77.4 Å². The predicted molar refractivity (Wildman–Crippen MR) is 127 cm³/mol. The van der Waals surface area contributed by atoms with Gasteiger partial charge in [-0.2, -0.15) is 5.10 Å². The summed E-state index contributed by atoms with van der Waals surface area (Å²) in [7, 11) is 0. The Bertz CT molecular complexity index is 1310. The van der Waals surface area contributed by atoms with E-state index in [4.69, 9.17) is 16.0 Å². The van der Waals surface area contributed by atoms with E-state index < -0.39 is 4.92 Å². The zero-order chi connectivity index (χ0) is 23.7. The minimum Gasteiger partial charge on any atom is -0.463 e. The number of nitro groups is 1. The van der Waals surface area contributed by atoms with Crippen LogP contribution in [0.5, 0.6) is 0 Å². The van der Waals surface area contributed by atoms with Gasteiger partial charge in [-0.1, -0.05) is 11.6 Å². The molecule has 0 unspecified atom stereocenters. The summed E-state index contributed by atoms with van der Waals surface area (Å²) in [5.74, 6) is 0.438. The number of carbonyl (C=O) groups excluding carboxylic acids is 1. The van der Waals surface area contributed by atoms with E-state index in [1.807, 2.05) is 18.2 Å². The monoisotopic (exact) mass is 477 g/mol. The highest BCUT2D eigenvalue weighted by atomic mass is 35.5. The van der Waals surface area contributed by atoms with Gasteiger partial charge in [0.2, 0.25) is 0 Å². The summed E-state index contributed by atoms with van der Waals surface area (Å²) in [6, 6.07) is 19.0. The topological polar surface area (TPSA) is 97.7 Å². The largest absolute Gasteiger partial charge is 0.463 e. The molecule has 1 fully saturated rings. The second kappa shape index (κ2) is 9.03. The fraction of sp³-hybridized carbons (Fsp3) is 0.167. The highest BCUT2D eigenvalue weighted by molar-refractivity contribution is 6.30. The van der Waals surface area contributed by atoms with Crippen molar-refractivity contribution in [3.63, 3.8) is 0 Å². The van der Waals surface area contributed by atoms with Crippen LogP contribution in [0.3, 0.4) is 0 Å². The molecule has 3 heterocycles. The van der Waals surface area contributed by atoms with E-state index in [9.17, 15) is 14.9 Å². The van der Waals surface area contributed by atoms with Gasteiger partial charge in [-0.05, 0) is 48.5 Å². The first-order valence-corrected chi connectivity index (χ1v) is 11.1. The Morgan fingerprint density at radius 3 is 2.26 bits per heavy atom. The van der Waals surface area contributed by atoms with Gasteiger partial charge >= 0.3 is 0 Å². The Kier molecular flexibility index (Phi) is 5.77. The molecule has 1 aliphatic heterocycles. The van der Waals surface area contributed by atoms with Gasteiger partial charge in [0.1, 0.15) is 5.69 Å². The van der Waals surface area contributed by atoms with Crippen molar-refractivity contribution in [1.29, 1.82) is 0 Å². The molecule has 0 aliphatic carbocycles. The summed E-state index contributed by atoms with van der Waals surface area (Å²) < 4.78 is 7.25. The molecule has 0 radical (unpaired) electrons. The number of nitro benzene ring substituents is 1. The number of aromatic nitrogens is 2. The van der Waals surface area contributed by atoms with Gasteiger partial charge in [-0.25, -0.2) is 4.68 Å². The third-order valence-electron chi connectivity index (χ3n) is 5.77. The van der Waals surface area contributed by atoms with E-state index >= 15 is 0 Å². The van der Waals surface area contributed by atoms with Gasteiger partial charge in [0.05, 0.1) is 16.9 Å². The van der Waals surface area contributed by atoms with Gasteiger partial charge in [0.15, 0.2) is 11.5 Å². The third kappa shape index (κ3) is 4.25. The van der Waals surface area contributed by atoms with Crippen LogP contribution in [-0.2, 0) is 0 Å². The zero-order valence-corrected chi connectivity index (χ0v) is 18.8. The number of amides is 1. The lowest BCUT2D eigenvalue weighted by Gasteiger charge is -2.35. The van der Waals surface area contributed by atoms with Crippen LogP contribution < -0.4 is 4.90 Å². The Morgan fingerprint density at radius 2 is 1.65 bits per heavy atom. The molecule has 0 saturated carbocycles. The molecule has 172 valence electrons. The van der Waals surface area contributed by atoms with Crippen LogP contribution in [0.25, 0.3) is 17.1 Å². The standard InChI is InChI=1S/C24H20ClN5O4/c25-17-3-5-19(6-4-17)29-22(23-2-1-15-34-23)16-21(26-29)24(31)28-13-11-27(12-14-28)18-7-9-20(10-8-18)30(32)33/h1-10,15-16H,11-14H2. The summed E-state index contributed by atoms with van der Waals surface area (Å²) in [6.45, 7) is 2.26. The molecular formula is C24H20ClN5O4. The summed E-state index contributed by atoms with van der Waals surface area (Å²) in [4.78, 5) is 27.6. The van der Waals surface area contributed by atoms with Crippen LogP contribution >= 0.6 is 11.6 Å². The second-order valence-electron chi connectivity index (χ2n) is 7.83. The third-order valence-corrected chi connectivity index (χ3v) is 6.02. The number of non-ortho nitro benzene ring substituents is 1. The van der Waals surface area contributed by atoms with E-state index in [0.717, 1.165) is 11.4 Å². The van der Waals surface area contributed by atoms with Crippen molar-refractivity contribution in [3.8, 4) is 17.1 Å². The van der Waals surface area contributed by atoms with Crippen molar-refractivity contribution in [1.82, 2.24) is 14.7 Å². The lowest BCUT2D eigenvalue weighted by Crippen LogP contribution is -2.48. The van der Waals surface area contributed by atoms with Gasteiger partial charge in [-0.3, -0.25) is 14.9 Å². The maximum Gasteiger partial charge on any atom is 0.274 e. The van der Waals surface area contributed by atoms with E-state index in [-0.39, 0.29) is 11.6 Å². The molecule has 0 atom stereocenters. The Hall–Kier alpha value is -4.11. The van der Waals surface area contributed by atoms with Gasteiger partial charge in [0, 0.05) is 55.1 Å². The van der Waals surface area contributed by atoms with Gasteiger partial charge < -0.3 is 14.2 Å². The average Bonchev–Trinajstić information content (AvgIpc) is 3.55. The Labute approximate surface area is 199 Å². The molecule has 10 heteroatoms. The van der Waals surface area contributed by atoms with Crippen LogP contribution in [0.1, 0.15) is 10.5 Å². The van der Waals surface area contributed by atoms with E-state index in [1.54, 1.807) is 52.2 Å². The maximum absolute atomic E-state index is 13.3. The number of nitrogens with zero attached hydrogens (tertiary/aromatic N) is 5. The maximum atomic E-state index is 13.3. The quantitative estimate of drug-likeness (QED) is 0.306. The summed E-state index contributed by atoms with van der Waals surface area (Å²) in [5, 5.41) is 16.1. The molecule has 34 heavy (non-hydrogen) atoms. The fourth-order valence-electron chi connectivity index (χ4n) is 3.98. The van der Waals surface area contributed by atoms with Crippen LogP contribution in [0.4, 0.5) is 11.4 Å². The van der Waals surface area contributed by atoms with Crippen molar-refractivity contribution in [2.75, 3.05) is 31.1 Å². The van der Waals surface area contributed by atoms with Gasteiger partial charge in [0.25, 0.3) is 11.6 Å². The molecule has 0 spiro atoms. The molecule has 2 aromatic heterocycles. The van der Waals surface area contributed by atoms with E-state index in [1.165, 1.54) is 12.1 Å². The van der Waals surface area contributed by atoms with Crippen LogP contribution in [-0.4, -0.2) is 51.7 Å². The number of anilines is 1.